The fourth-order valence-electron chi connectivity index (χ4n) is 2.25. The first kappa shape index (κ1) is 17.7. The number of halogens is 8. The minimum atomic E-state index is -2.47. The molecular weight excluding hydrogens is 380 g/mol. The van der Waals surface area contributed by atoms with Gasteiger partial charge in [0.15, 0.2) is 40.7 Å². The van der Waals surface area contributed by atoms with Gasteiger partial charge in [-0.25, -0.2) is 35.5 Å². The normalized spacial score (nSPS) is 14.8. The molecule has 3 rings (SSSR count). The summed E-state index contributed by atoms with van der Waals surface area (Å²) in [5, 5.41) is 9.15. The second-order valence-electron chi connectivity index (χ2n) is 4.92. The fourth-order valence-corrected chi connectivity index (χ4v) is 2.25. The Bertz CT molecular complexity index is 1000. The molecule has 0 radical (unpaired) electrons. The Morgan fingerprint density at radius 2 is 1.15 bits per heavy atom. The number of hydrogen-bond donors (Lipinski definition) is 1. The number of cyclic esters (lactones) is 1. The lowest BCUT2D eigenvalue weighted by Gasteiger charge is -2.07. The van der Waals surface area contributed by atoms with Crippen LogP contribution >= 0.6 is 0 Å². The van der Waals surface area contributed by atoms with Gasteiger partial charge in [0, 0.05) is 0 Å². The molecule has 11 heteroatoms. The van der Waals surface area contributed by atoms with E-state index >= 15 is 0 Å². The highest BCUT2D eigenvalue weighted by Crippen LogP contribution is 2.41. The van der Waals surface area contributed by atoms with Gasteiger partial charge in [-0.2, -0.15) is 4.39 Å². The molecule has 2 aromatic rings. The minimum Gasteiger partial charge on any atom is -0.503 e. The van der Waals surface area contributed by atoms with Crippen molar-refractivity contribution in [3.05, 3.63) is 63.2 Å². The van der Waals surface area contributed by atoms with Gasteiger partial charge in [0.05, 0.1) is 11.1 Å². The number of hydrogen-bond acceptors (Lipinski definition) is 3. The Hall–Kier alpha value is -3.11. The van der Waals surface area contributed by atoms with Crippen molar-refractivity contribution in [3.63, 3.8) is 0 Å². The lowest BCUT2D eigenvalue weighted by Crippen LogP contribution is -2.04. The molecule has 2 aromatic carbocycles. The maximum Gasteiger partial charge on any atom is 0.347 e. The highest BCUT2D eigenvalue weighted by Gasteiger charge is 2.38. The summed E-state index contributed by atoms with van der Waals surface area (Å²) in [4.78, 5) is 11.5. The highest BCUT2D eigenvalue weighted by atomic mass is 19.2. The van der Waals surface area contributed by atoms with Crippen molar-refractivity contribution >= 4 is 17.8 Å². The van der Waals surface area contributed by atoms with E-state index in [1.54, 1.807) is 0 Å². The highest BCUT2D eigenvalue weighted by molar-refractivity contribution is 6.06. The summed E-state index contributed by atoms with van der Waals surface area (Å²) in [7, 11) is 0. The number of carbonyl (C=O) groups is 1. The number of esters is 1. The molecule has 136 valence electrons. The van der Waals surface area contributed by atoms with E-state index in [1.165, 1.54) is 0 Å². The van der Waals surface area contributed by atoms with Crippen LogP contribution in [0.1, 0.15) is 21.5 Å². The molecule has 0 spiro atoms. The first-order chi connectivity index (χ1) is 12.1. The Kier molecular flexibility index (Phi) is 3.89. The van der Waals surface area contributed by atoms with Gasteiger partial charge in [0.2, 0.25) is 11.6 Å². The minimum absolute atomic E-state index is 0.0276. The summed E-state index contributed by atoms with van der Waals surface area (Å²) in [6.45, 7) is 0. The van der Waals surface area contributed by atoms with Crippen molar-refractivity contribution in [2.24, 2.45) is 0 Å². The van der Waals surface area contributed by atoms with Gasteiger partial charge in [-0.3, -0.25) is 0 Å². The van der Waals surface area contributed by atoms with E-state index in [0.717, 1.165) is 0 Å². The molecule has 0 saturated carbocycles. The molecule has 1 aliphatic heterocycles. The Morgan fingerprint density at radius 1 is 0.654 bits per heavy atom. The van der Waals surface area contributed by atoms with E-state index < -0.39 is 80.7 Å². The van der Waals surface area contributed by atoms with Gasteiger partial charge >= 0.3 is 5.97 Å². The standard InChI is InChI=1S/C15H2F8O3/c16-6-2(7(17)11(21)12(22)10(6)20)1-3-4-5(15(25)26-3)8(18)13(23)14(24)9(4)19/h1,24H. The quantitative estimate of drug-likeness (QED) is 0.349. The Labute approximate surface area is 137 Å². The van der Waals surface area contributed by atoms with Crippen LogP contribution in [0.15, 0.2) is 0 Å². The molecule has 26 heavy (non-hydrogen) atoms. The number of carbonyl (C=O) groups excluding carboxylic acids is 1. The van der Waals surface area contributed by atoms with E-state index in [1.807, 2.05) is 0 Å². The van der Waals surface area contributed by atoms with Gasteiger partial charge in [0.1, 0.15) is 11.3 Å². The second-order valence-corrected chi connectivity index (χ2v) is 4.92. The van der Waals surface area contributed by atoms with E-state index in [-0.39, 0.29) is 6.08 Å². The maximum absolute atomic E-state index is 14.0. The third kappa shape index (κ3) is 2.23. The fraction of sp³-hybridized carbons (Fsp3) is 0. The van der Waals surface area contributed by atoms with Crippen molar-refractivity contribution in [3.8, 4) is 5.75 Å². The molecule has 1 heterocycles. The first-order valence-electron chi connectivity index (χ1n) is 6.43. The van der Waals surface area contributed by atoms with E-state index in [0.29, 0.717) is 0 Å². The van der Waals surface area contributed by atoms with Crippen LogP contribution in [-0.2, 0) is 4.74 Å². The van der Waals surface area contributed by atoms with Gasteiger partial charge < -0.3 is 9.84 Å². The van der Waals surface area contributed by atoms with Crippen molar-refractivity contribution in [1.82, 2.24) is 0 Å². The number of phenolic OH excluding ortho intramolecular Hbond substituents is 1. The molecule has 3 nitrogen and oxygen atoms in total. The lowest BCUT2D eigenvalue weighted by atomic mass is 10.0. The van der Waals surface area contributed by atoms with Crippen molar-refractivity contribution in [2.75, 3.05) is 0 Å². The van der Waals surface area contributed by atoms with Crippen molar-refractivity contribution < 1.29 is 49.8 Å². The summed E-state index contributed by atoms with van der Waals surface area (Å²) in [6.07, 6.45) is 0.0276. The predicted octanol–water partition coefficient (Wildman–Crippen LogP) is 4.17. The van der Waals surface area contributed by atoms with Crippen LogP contribution in [0.3, 0.4) is 0 Å². The zero-order valence-corrected chi connectivity index (χ0v) is 11.9. The average Bonchev–Trinajstić information content (AvgIpc) is 2.94. The van der Waals surface area contributed by atoms with Gasteiger partial charge in [0.25, 0.3) is 0 Å². The monoisotopic (exact) mass is 382 g/mol. The predicted molar refractivity (Wildman–Crippen MR) is 67.5 cm³/mol. The molecule has 0 bridgehead atoms. The number of phenols is 1. The molecular formula is C15H2F8O3. The molecule has 1 aliphatic rings. The maximum atomic E-state index is 14.0. The molecule has 0 atom stereocenters. The van der Waals surface area contributed by atoms with Crippen LogP contribution in [0.5, 0.6) is 5.75 Å². The van der Waals surface area contributed by atoms with Crippen molar-refractivity contribution in [2.45, 2.75) is 0 Å². The average molecular weight is 382 g/mol. The van der Waals surface area contributed by atoms with E-state index in [2.05, 4.69) is 4.74 Å². The zero-order valence-electron chi connectivity index (χ0n) is 11.9. The smallest absolute Gasteiger partial charge is 0.347 e. The Balaban J connectivity index is 2.33. The summed E-state index contributed by atoms with van der Waals surface area (Å²) in [5.74, 6) is -22.7. The van der Waals surface area contributed by atoms with Crippen molar-refractivity contribution in [1.29, 1.82) is 0 Å². The largest absolute Gasteiger partial charge is 0.503 e. The first-order valence-corrected chi connectivity index (χ1v) is 6.43. The number of fused-ring (bicyclic) bond motifs is 1. The van der Waals surface area contributed by atoms with Crippen LogP contribution in [-0.4, -0.2) is 11.1 Å². The van der Waals surface area contributed by atoms with Crippen LogP contribution in [0.25, 0.3) is 11.8 Å². The number of ether oxygens (including phenoxy) is 1. The summed E-state index contributed by atoms with van der Waals surface area (Å²) < 4.78 is 112. The number of aromatic hydroxyl groups is 1. The molecule has 0 fully saturated rings. The van der Waals surface area contributed by atoms with E-state index in [9.17, 15) is 39.9 Å². The number of rotatable bonds is 1. The van der Waals surface area contributed by atoms with E-state index in [4.69, 9.17) is 5.11 Å². The molecule has 0 saturated heterocycles. The Morgan fingerprint density at radius 3 is 1.69 bits per heavy atom. The lowest BCUT2D eigenvalue weighted by molar-refractivity contribution is 0.0712. The third-order valence-electron chi connectivity index (χ3n) is 3.47. The summed E-state index contributed by atoms with van der Waals surface area (Å²) in [5.41, 5.74) is -4.22. The van der Waals surface area contributed by atoms with Gasteiger partial charge in [-0.05, 0) is 6.08 Å². The molecule has 0 amide bonds. The van der Waals surface area contributed by atoms with Crippen LogP contribution in [0.2, 0.25) is 0 Å². The van der Waals surface area contributed by atoms with Gasteiger partial charge in [-0.1, -0.05) is 0 Å². The van der Waals surface area contributed by atoms with Gasteiger partial charge in [-0.15, -0.1) is 0 Å². The second kappa shape index (κ2) is 5.71. The van der Waals surface area contributed by atoms with Crippen LogP contribution < -0.4 is 0 Å². The third-order valence-corrected chi connectivity index (χ3v) is 3.47. The summed E-state index contributed by atoms with van der Waals surface area (Å²) >= 11 is 0. The SMILES string of the molecule is O=C1OC(=Cc2c(F)c(F)c(F)c(F)c2F)c2c(F)c(O)c(F)c(F)c21. The molecule has 0 aliphatic carbocycles. The summed E-state index contributed by atoms with van der Waals surface area (Å²) in [6, 6.07) is 0. The zero-order chi connectivity index (χ0) is 19.5. The topological polar surface area (TPSA) is 46.5 Å². The van der Waals surface area contributed by atoms with Crippen LogP contribution in [0.4, 0.5) is 35.1 Å². The molecule has 1 N–H and O–H groups in total. The number of benzene rings is 2. The molecule has 0 unspecified atom stereocenters. The molecule has 0 aromatic heterocycles. The van der Waals surface area contributed by atoms with Crippen LogP contribution in [0, 0.1) is 46.5 Å².